The Balaban J connectivity index is 1.26. The smallest absolute Gasteiger partial charge is 0.311 e. The van der Waals surface area contributed by atoms with Crippen molar-refractivity contribution in [3.05, 3.63) is 35.4 Å². The molecule has 4 unspecified atom stereocenters. The van der Waals surface area contributed by atoms with Crippen LogP contribution in [0.2, 0.25) is 0 Å². The van der Waals surface area contributed by atoms with Crippen molar-refractivity contribution >= 4 is 17.7 Å². The lowest BCUT2D eigenvalue weighted by atomic mass is 9.87. The minimum Gasteiger partial charge on any atom is -0.378 e. The van der Waals surface area contributed by atoms with Crippen molar-refractivity contribution in [2.45, 2.75) is 63.8 Å². The predicted molar refractivity (Wildman–Crippen MR) is 132 cm³/mol. The van der Waals surface area contributed by atoms with Crippen LogP contribution in [-0.2, 0) is 32.2 Å². The zero-order valence-electron chi connectivity index (χ0n) is 20.5. The third kappa shape index (κ3) is 7.02. The van der Waals surface area contributed by atoms with Gasteiger partial charge >= 0.3 is 11.8 Å². The second-order valence-electron chi connectivity index (χ2n) is 10.3. The van der Waals surface area contributed by atoms with Gasteiger partial charge in [0.1, 0.15) is 0 Å². The summed E-state index contributed by atoms with van der Waals surface area (Å²) in [7, 11) is 0. The molecular formula is C26H39N5O4. The molecule has 0 radical (unpaired) electrons. The van der Waals surface area contributed by atoms with E-state index in [1.807, 2.05) is 24.3 Å². The van der Waals surface area contributed by atoms with Gasteiger partial charge in [0.05, 0.1) is 12.0 Å². The van der Waals surface area contributed by atoms with Gasteiger partial charge in [-0.2, -0.15) is 0 Å². The number of nitrogens with zero attached hydrogens (tertiary/aromatic N) is 2. The molecule has 35 heavy (non-hydrogen) atoms. The van der Waals surface area contributed by atoms with Crippen LogP contribution in [0.25, 0.3) is 0 Å². The number of carbonyl (C=O) groups is 3. The summed E-state index contributed by atoms with van der Waals surface area (Å²) in [6.07, 6.45) is 5.43. The van der Waals surface area contributed by atoms with Crippen molar-refractivity contribution in [3.8, 4) is 0 Å². The zero-order valence-corrected chi connectivity index (χ0v) is 20.5. The van der Waals surface area contributed by atoms with Gasteiger partial charge in [0.15, 0.2) is 0 Å². The van der Waals surface area contributed by atoms with E-state index in [1.165, 1.54) is 0 Å². The van der Waals surface area contributed by atoms with E-state index in [2.05, 4.69) is 10.2 Å². The average Bonchev–Trinajstić information content (AvgIpc) is 2.87. The molecule has 3 saturated heterocycles. The summed E-state index contributed by atoms with van der Waals surface area (Å²) in [5.74, 6) is -1.14. The van der Waals surface area contributed by atoms with Crippen molar-refractivity contribution in [1.29, 1.82) is 0 Å². The fourth-order valence-electron chi connectivity index (χ4n) is 5.61. The number of piperidine rings is 2. The number of benzene rings is 1. The topological polar surface area (TPSA) is 131 Å². The molecule has 192 valence electrons. The number of likely N-dealkylation sites (tertiary alicyclic amines) is 2. The lowest BCUT2D eigenvalue weighted by molar-refractivity contribution is -0.148. The highest BCUT2D eigenvalue weighted by molar-refractivity contribution is 6.35. The fraction of sp³-hybridized carbons (Fsp3) is 0.654. The Labute approximate surface area is 207 Å². The Hall–Kier alpha value is -2.49. The second-order valence-corrected chi connectivity index (χ2v) is 10.3. The van der Waals surface area contributed by atoms with E-state index < -0.39 is 11.8 Å². The van der Waals surface area contributed by atoms with Crippen LogP contribution in [0, 0.1) is 11.8 Å². The number of amides is 3. The molecule has 4 atom stereocenters. The lowest BCUT2D eigenvalue weighted by Crippen LogP contribution is -2.50. The first kappa shape index (κ1) is 25.6. The van der Waals surface area contributed by atoms with Crippen LogP contribution in [0.1, 0.15) is 49.7 Å². The number of primary amides is 1. The van der Waals surface area contributed by atoms with Crippen LogP contribution in [0.15, 0.2) is 24.3 Å². The summed E-state index contributed by atoms with van der Waals surface area (Å²) in [6, 6.07) is 8.13. The minimum atomic E-state index is -0.572. The first-order valence-corrected chi connectivity index (χ1v) is 12.9. The molecule has 0 spiro atoms. The van der Waals surface area contributed by atoms with Gasteiger partial charge in [-0.1, -0.05) is 24.3 Å². The van der Waals surface area contributed by atoms with E-state index in [9.17, 15) is 14.4 Å². The van der Waals surface area contributed by atoms with Gasteiger partial charge in [0.25, 0.3) is 0 Å². The molecule has 5 N–H and O–H groups in total. The number of nitrogens with two attached hydrogens (primary N) is 2. The monoisotopic (exact) mass is 485 g/mol. The SMILES string of the molecule is NC(=O)C1CCCN(Cc2cccc(CNC(=O)C(=O)N3CCCC(C4CC(N)CCO4)C3)c2)C1. The van der Waals surface area contributed by atoms with Gasteiger partial charge in [-0.05, 0) is 56.2 Å². The molecule has 0 saturated carbocycles. The largest absolute Gasteiger partial charge is 0.378 e. The molecule has 9 nitrogen and oxygen atoms in total. The predicted octanol–water partition coefficient (Wildman–Crippen LogP) is 0.745. The summed E-state index contributed by atoms with van der Waals surface area (Å²) < 4.78 is 5.92. The molecule has 3 aliphatic rings. The van der Waals surface area contributed by atoms with Gasteiger partial charge in [-0.25, -0.2) is 0 Å². The lowest BCUT2D eigenvalue weighted by Gasteiger charge is -2.39. The number of carbonyl (C=O) groups excluding carboxylic acids is 3. The summed E-state index contributed by atoms with van der Waals surface area (Å²) in [5, 5.41) is 2.79. The van der Waals surface area contributed by atoms with E-state index in [-0.39, 0.29) is 29.9 Å². The standard InChI is InChI=1S/C26H39N5O4/c27-22-8-11-35-23(13-22)20-6-3-10-31(17-20)26(34)25(33)29-14-18-4-1-5-19(12-18)15-30-9-2-7-21(16-30)24(28)32/h1,4-5,12,20-23H,2-3,6-11,13-17,27H2,(H2,28,32)(H,29,33). The molecule has 0 aromatic heterocycles. The summed E-state index contributed by atoms with van der Waals surface area (Å²) in [4.78, 5) is 40.9. The zero-order chi connectivity index (χ0) is 24.8. The quantitative estimate of drug-likeness (QED) is 0.510. The van der Waals surface area contributed by atoms with E-state index in [4.69, 9.17) is 16.2 Å². The Morgan fingerprint density at radius 2 is 1.86 bits per heavy atom. The van der Waals surface area contributed by atoms with Crippen LogP contribution in [0.5, 0.6) is 0 Å². The van der Waals surface area contributed by atoms with E-state index in [0.29, 0.717) is 32.8 Å². The Kier molecular flexibility index (Phi) is 8.75. The maximum Gasteiger partial charge on any atom is 0.311 e. The highest BCUT2D eigenvalue weighted by Crippen LogP contribution is 2.27. The van der Waals surface area contributed by atoms with Crippen molar-refractivity contribution in [2.75, 3.05) is 32.8 Å². The molecule has 3 heterocycles. The van der Waals surface area contributed by atoms with Crippen LogP contribution < -0.4 is 16.8 Å². The first-order valence-electron chi connectivity index (χ1n) is 12.9. The van der Waals surface area contributed by atoms with Crippen LogP contribution in [0.4, 0.5) is 0 Å². The summed E-state index contributed by atoms with van der Waals surface area (Å²) in [5.41, 5.74) is 13.6. The summed E-state index contributed by atoms with van der Waals surface area (Å²) in [6.45, 7) is 4.44. The van der Waals surface area contributed by atoms with Crippen molar-refractivity contribution in [3.63, 3.8) is 0 Å². The number of rotatable bonds is 6. The Morgan fingerprint density at radius 1 is 1.06 bits per heavy atom. The highest BCUT2D eigenvalue weighted by atomic mass is 16.5. The van der Waals surface area contributed by atoms with Gasteiger partial charge in [0.2, 0.25) is 5.91 Å². The number of nitrogens with one attached hydrogen (secondary N) is 1. The molecule has 0 aliphatic carbocycles. The van der Waals surface area contributed by atoms with E-state index in [0.717, 1.165) is 62.7 Å². The minimum absolute atomic E-state index is 0.0679. The van der Waals surface area contributed by atoms with Crippen molar-refractivity contribution in [1.82, 2.24) is 15.1 Å². The molecule has 9 heteroatoms. The molecular weight excluding hydrogens is 446 g/mol. The third-order valence-electron chi connectivity index (χ3n) is 7.58. The van der Waals surface area contributed by atoms with Crippen molar-refractivity contribution in [2.24, 2.45) is 23.3 Å². The number of hydrogen-bond donors (Lipinski definition) is 3. The maximum absolute atomic E-state index is 12.8. The maximum atomic E-state index is 12.8. The normalized spacial score (nSPS) is 27.9. The van der Waals surface area contributed by atoms with Gasteiger partial charge in [-0.15, -0.1) is 0 Å². The first-order chi connectivity index (χ1) is 16.9. The van der Waals surface area contributed by atoms with Crippen LogP contribution in [-0.4, -0.2) is 72.5 Å². The molecule has 1 aromatic rings. The molecule has 3 fully saturated rings. The van der Waals surface area contributed by atoms with Crippen LogP contribution in [0.3, 0.4) is 0 Å². The van der Waals surface area contributed by atoms with Crippen molar-refractivity contribution < 1.29 is 19.1 Å². The molecule has 1 aromatic carbocycles. The van der Waals surface area contributed by atoms with Crippen LogP contribution >= 0.6 is 0 Å². The van der Waals surface area contributed by atoms with E-state index in [1.54, 1.807) is 4.90 Å². The van der Waals surface area contributed by atoms with Gasteiger partial charge in [-0.3, -0.25) is 19.3 Å². The van der Waals surface area contributed by atoms with Gasteiger partial charge < -0.3 is 26.4 Å². The average molecular weight is 486 g/mol. The highest BCUT2D eigenvalue weighted by Gasteiger charge is 2.34. The van der Waals surface area contributed by atoms with E-state index >= 15 is 0 Å². The Bertz CT molecular complexity index is 909. The second kappa shape index (κ2) is 12.0. The molecule has 3 amide bonds. The molecule has 4 rings (SSSR count). The third-order valence-corrected chi connectivity index (χ3v) is 7.58. The summed E-state index contributed by atoms with van der Waals surface area (Å²) >= 11 is 0. The number of hydrogen-bond acceptors (Lipinski definition) is 6. The Morgan fingerprint density at radius 3 is 2.66 bits per heavy atom. The van der Waals surface area contributed by atoms with Gasteiger partial charge in [0, 0.05) is 51.3 Å². The fourth-order valence-corrected chi connectivity index (χ4v) is 5.61. The molecule has 3 aliphatic heterocycles. The number of ether oxygens (including phenoxy) is 1. The molecule has 0 bridgehead atoms.